The highest BCUT2D eigenvalue weighted by molar-refractivity contribution is 9.10. The Morgan fingerprint density at radius 3 is 2.75 bits per heavy atom. The van der Waals surface area contributed by atoms with Crippen LogP contribution in [0.25, 0.3) is 10.8 Å². The van der Waals surface area contributed by atoms with Gasteiger partial charge in [-0.05, 0) is 50.8 Å². The Bertz CT molecular complexity index is 748. The molecular weight excluding hydrogens is 312 g/mol. The number of nitrogens with zero attached hydrogens (tertiary/aromatic N) is 1. The lowest BCUT2D eigenvalue weighted by Gasteiger charge is -2.11. The van der Waals surface area contributed by atoms with Crippen molar-refractivity contribution >= 4 is 32.5 Å². The summed E-state index contributed by atoms with van der Waals surface area (Å²) in [5, 5.41) is 5.98. The molecule has 100 valence electrons. The van der Waals surface area contributed by atoms with Gasteiger partial charge in [-0.15, -0.1) is 0 Å². The van der Waals surface area contributed by atoms with Gasteiger partial charge >= 0.3 is 0 Å². The molecule has 3 aromatic rings. The highest BCUT2D eigenvalue weighted by Gasteiger charge is 2.03. The Balaban J connectivity index is 1.87. The molecule has 0 radical (unpaired) electrons. The van der Waals surface area contributed by atoms with Crippen LogP contribution in [0.4, 0.5) is 5.82 Å². The van der Waals surface area contributed by atoms with E-state index in [4.69, 9.17) is 0 Å². The minimum atomic E-state index is 0.775. The van der Waals surface area contributed by atoms with E-state index in [0.29, 0.717) is 0 Å². The minimum absolute atomic E-state index is 0.775. The Morgan fingerprint density at radius 2 is 1.90 bits per heavy atom. The van der Waals surface area contributed by atoms with Crippen LogP contribution in [0, 0.1) is 6.92 Å². The molecular formula is C17H15BrN2. The van der Waals surface area contributed by atoms with Crippen molar-refractivity contribution in [3.63, 3.8) is 0 Å². The third-order valence-electron chi connectivity index (χ3n) is 3.37. The maximum absolute atomic E-state index is 4.41. The second-order valence-corrected chi connectivity index (χ2v) is 5.73. The summed E-state index contributed by atoms with van der Waals surface area (Å²) in [5.41, 5.74) is 2.42. The third-order valence-corrected chi connectivity index (χ3v) is 3.80. The van der Waals surface area contributed by atoms with Gasteiger partial charge in [0.15, 0.2) is 0 Å². The van der Waals surface area contributed by atoms with Crippen LogP contribution in [0.1, 0.15) is 11.1 Å². The molecule has 3 heteroatoms. The van der Waals surface area contributed by atoms with Gasteiger partial charge in [0.05, 0.1) is 0 Å². The van der Waals surface area contributed by atoms with Crippen molar-refractivity contribution in [3.8, 4) is 0 Å². The number of aromatic nitrogens is 1. The molecule has 0 aliphatic heterocycles. The molecule has 0 fully saturated rings. The molecule has 20 heavy (non-hydrogen) atoms. The van der Waals surface area contributed by atoms with Gasteiger partial charge in [0, 0.05) is 17.2 Å². The second kappa shape index (κ2) is 5.63. The number of benzene rings is 2. The summed E-state index contributed by atoms with van der Waals surface area (Å²) in [6, 6.07) is 16.9. The molecule has 0 bridgehead atoms. The van der Waals surface area contributed by atoms with Gasteiger partial charge < -0.3 is 5.32 Å². The molecule has 0 atom stereocenters. The van der Waals surface area contributed by atoms with E-state index < -0.39 is 0 Å². The van der Waals surface area contributed by atoms with Crippen molar-refractivity contribution < 1.29 is 0 Å². The number of rotatable bonds is 3. The normalized spacial score (nSPS) is 10.7. The zero-order valence-corrected chi connectivity index (χ0v) is 12.8. The van der Waals surface area contributed by atoms with E-state index in [2.05, 4.69) is 81.7 Å². The Kier molecular flexibility index (Phi) is 3.70. The van der Waals surface area contributed by atoms with E-state index in [1.807, 2.05) is 6.20 Å². The van der Waals surface area contributed by atoms with Crippen molar-refractivity contribution in [2.45, 2.75) is 13.5 Å². The van der Waals surface area contributed by atoms with Gasteiger partial charge in [-0.25, -0.2) is 4.98 Å². The molecule has 0 saturated carbocycles. The fourth-order valence-electron chi connectivity index (χ4n) is 2.35. The van der Waals surface area contributed by atoms with E-state index >= 15 is 0 Å². The third kappa shape index (κ3) is 2.68. The van der Waals surface area contributed by atoms with Crippen LogP contribution in [0.15, 0.2) is 59.2 Å². The standard InChI is InChI=1S/C17H15BrN2/c1-12-9-15(18)11-20-17(12)19-10-14-7-4-6-13-5-2-3-8-16(13)14/h2-9,11H,10H2,1H3,(H,19,20). The van der Waals surface area contributed by atoms with Crippen LogP contribution in [-0.2, 0) is 6.54 Å². The van der Waals surface area contributed by atoms with Crippen LogP contribution in [0.5, 0.6) is 0 Å². The van der Waals surface area contributed by atoms with Gasteiger partial charge in [0.2, 0.25) is 0 Å². The molecule has 1 heterocycles. The molecule has 0 saturated heterocycles. The summed E-state index contributed by atoms with van der Waals surface area (Å²) in [6.45, 7) is 2.83. The molecule has 1 N–H and O–H groups in total. The van der Waals surface area contributed by atoms with E-state index in [1.54, 1.807) is 0 Å². The lowest BCUT2D eigenvalue weighted by Crippen LogP contribution is -2.03. The Morgan fingerprint density at radius 1 is 1.10 bits per heavy atom. The van der Waals surface area contributed by atoms with Gasteiger partial charge in [0.25, 0.3) is 0 Å². The quantitative estimate of drug-likeness (QED) is 0.739. The van der Waals surface area contributed by atoms with E-state index in [1.165, 1.54) is 16.3 Å². The minimum Gasteiger partial charge on any atom is -0.366 e. The second-order valence-electron chi connectivity index (χ2n) is 4.81. The Labute approximate surface area is 127 Å². The summed E-state index contributed by atoms with van der Waals surface area (Å²) >= 11 is 3.43. The van der Waals surface area contributed by atoms with Gasteiger partial charge in [-0.2, -0.15) is 0 Å². The van der Waals surface area contributed by atoms with Crippen LogP contribution in [0.2, 0.25) is 0 Å². The average Bonchev–Trinajstić information content (AvgIpc) is 2.46. The van der Waals surface area contributed by atoms with E-state index in [0.717, 1.165) is 22.4 Å². The zero-order chi connectivity index (χ0) is 13.9. The number of nitrogens with one attached hydrogen (secondary N) is 1. The van der Waals surface area contributed by atoms with E-state index in [-0.39, 0.29) is 0 Å². The summed E-state index contributed by atoms with van der Waals surface area (Å²) in [5.74, 6) is 0.932. The first kappa shape index (κ1) is 13.1. The molecule has 2 aromatic carbocycles. The van der Waals surface area contributed by atoms with Crippen molar-refractivity contribution in [2.75, 3.05) is 5.32 Å². The van der Waals surface area contributed by atoms with Crippen molar-refractivity contribution in [1.29, 1.82) is 0 Å². The summed E-state index contributed by atoms with van der Waals surface area (Å²) in [6.07, 6.45) is 1.82. The fourth-order valence-corrected chi connectivity index (χ4v) is 2.80. The lowest BCUT2D eigenvalue weighted by molar-refractivity contribution is 1.10. The lowest BCUT2D eigenvalue weighted by atomic mass is 10.0. The largest absolute Gasteiger partial charge is 0.366 e. The fraction of sp³-hybridized carbons (Fsp3) is 0.118. The van der Waals surface area contributed by atoms with Crippen LogP contribution < -0.4 is 5.32 Å². The van der Waals surface area contributed by atoms with E-state index in [9.17, 15) is 0 Å². The van der Waals surface area contributed by atoms with Crippen molar-refractivity contribution in [2.24, 2.45) is 0 Å². The zero-order valence-electron chi connectivity index (χ0n) is 11.2. The molecule has 0 aliphatic carbocycles. The first-order chi connectivity index (χ1) is 9.74. The maximum atomic E-state index is 4.41. The van der Waals surface area contributed by atoms with Crippen LogP contribution >= 0.6 is 15.9 Å². The maximum Gasteiger partial charge on any atom is 0.129 e. The molecule has 2 nitrogen and oxygen atoms in total. The summed E-state index contributed by atoms with van der Waals surface area (Å²) < 4.78 is 1.01. The summed E-state index contributed by atoms with van der Waals surface area (Å²) in [7, 11) is 0. The number of fused-ring (bicyclic) bond motifs is 1. The van der Waals surface area contributed by atoms with Crippen molar-refractivity contribution in [3.05, 3.63) is 70.3 Å². The monoisotopic (exact) mass is 326 g/mol. The van der Waals surface area contributed by atoms with Crippen LogP contribution in [0.3, 0.4) is 0 Å². The molecule has 0 unspecified atom stereocenters. The topological polar surface area (TPSA) is 24.9 Å². The smallest absolute Gasteiger partial charge is 0.129 e. The predicted molar refractivity (Wildman–Crippen MR) is 87.9 cm³/mol. The highest BCUT2D eigenvalue weighted by Crippen LogP contribution is 2.21. The SMILES string of the molecule is Cc1cc(Br)cnc1NCc1cccc2ccccc12. The number of hydrogen-bond acceptors (Lipinski definition) is 2. The molecule has 3 rings (SSSR count). The number of aryl methyl sites for hydroxylation is 1. The molecule has 1 aromatic heterocycles. The Hall–Kier alpha value is -1.87. The average molecular weight is 327 g/mol. The van der Waals surface area contributed by atoms with Gasteiger partial charge in [-0.3, -0.25) is 0 Å². The van der Waals surface area contributed by atoms with Gasteiger partial charge in [-0.1, -0.05) is 42.5 Å². The highest BCUT2D eigenvalue weighted by atomic mass is 79.9. The first-order valence-corrected chi connectivity index (χ1v) is 7.36. The molecule has 0 amide bonds. The first-order valence-electron chi connectivity index (χ1n) is 6.57. The number of pyridine rings is 1. The molecule has 0 aliphatic rings. The summed E-state index contributed by atoms with van der Waals surface area (Å²) in [4.78, 5) is 4.41. The molecule has 0 spiro atoms. The number of halogens is 1. The number of hydrogen-bond donors (Lipinski definition) is 1. The van der Waals surface area contributed by atoms with Crippen molar-refractivity contribution in [1.82, 2.24) is 4.98 Å². The number of anilines is 1. The predicted octanol–water partition coefficient (Wildman–Crippen LogP) is 4.92. The van der Waals surface area contributed by atoms with Gasteiger partial charge in [0.1, 0.15) is 5.82 Å². The van der Waals surface area contributed by atoms with Crippen LogP contribution in [-0.4, -0.2) is 4.98 Å².